The molecule has 0 radical (unpaired) electrons. The maximum absolute atomic E-state index is 10.5. The molecule has 7 nitrogen and oxygen atoms in total. The second-order valence-corrected chi connectivity index (χ2v) is 6.43. The molecule has 0 spiro atoms. The fourth-order valence-electron chi connectivity index (χ4n) is 2.27. The number of hydrogen-bond donors (Lipinski definition) is 0. The van der Waals surface area contributed by atoms with E-state index in [0.29, 0.717) is 5.75 Å². The first-order chi connectivity index (χ1) is 14.4. The number of rotatable bonds is 2. The van der Waals surface area contributed by atoms with E-state index >= 15 is 0 Å². The normalized spacial score (nSPS) is 8.11. The van der Waals surface area contributed by atoms with Crippen LogP contribution in [0.2, 0.25) is 0 Å². The van der Waals surface area contributed by atoms with E-state index in [-0.39, 0.29) is 148 Å². The van der Waals surface area contributed by atoms with Gasteiger partial charge in [0, 0.05) is 11.1 Å². The maximum atomic E-state index is 10.5. The second kappa shape index (κ2) is 24.0. The van der Waals surface area contributed by atoms with E-state index in [2.05, 4.69) is 0 Å². The predicted octanol–water partition coefficient (Wildman–Crippen LogP) is -14.3. The summed E-state index contributed by atoms with van der Waals surface area (Å²) in [6.45, 7) is 0. The van der Waals surface area contributed by atoms with Crippen LogP contribution in [0.15, 0.2) is 91.0 Å². The molecule has 4 aromatic rings. The molecular weight excluding hydrogens is 519 g/mol. The molecule has 0 aromatic heterocycles. The minimum Gasteiger partial charge on any atom is -0.873 e. The molecule has 0 heterocycles. The summed E-state index contributed by atoms with van der Waals surface area (Å²) in [5.74, 6) is -1.36. The Morgan fingerprint density at radius 3 is 1.23 bits per heavy atom. The van der Waals surface area contributed by atoms with E-state index in [1.165, 1.54) is 24.3 Å². The average Bonchev–Trinajstić information content (AvgIpc) is 2.73. The van der Waals surface area contributed by atoms with Crippen molar-refractivity contribution in [2.45, 2.75) is 0 Å². The maximum Gasteiger partial charge on any atom is 1.00 e. The Bertz CT molecular complexity index is 1050. The molecule has 0 saturated heterocycles. The van der Waals surface area contributed by atoms with E-state index in [1.807, 2.05) is 30.3 Å². The summed E-state index contributed by atoms with van der Waals surface area (Å²) in [4.78, 5) is 10.5. The first-order valence-electron chi connectivity index (χ1n) is 8.61. The van der Waals surface area contributed by atoms with Gasteiger partial charge in [-0.25, -0.2) is 0 Å². The van der Waals surface area contributed by atoms with E-state index in [0.717, 1.165) is 10.8 Å². The number of benzene rings is 4. The van der Waals surface area contributed by atoms with Gasteiger partial charge >= 0.3 is 157 Å². The van der Waals surface area contributed by atoms with Gasteiger partial charge in [0.15, 0.2) is 0 Å². The zero-order chi connectivity index (χ0) is 21.9. The van der Waals surface area contributed by atoms with Gasteiger partial charge in [-0.05, 0) is 11.5 Å². The van der Waals surface area contributed by atoms with Crippen LogP contribution in [-0.2, 0) is 4.46 Å². The van der Waals surface area contributed by atoms with Crippen LogP contribution in [0.3, 0.4) is 0 Å². The van der Waals surface area contributed by atoms with Crippen molar-refractivity contribution in [2.75, 3.05) is 0 Å². The molecule has 0 amide bonds. The van der Waals surface area contributed by atoms with E-state index in [4.69, 9.17) is 4.43 Å². The van der Waals surface area contributed by atoms with Gasteiger partial charge in [0.05, 0.1) is 0 Å². The quantitative estimate of drug-likeness (QED) is 0.233. The molecule has 0 N–H and O–H groups in total. The molecule has 0 aliphatic carbocycles. The van der Waals surface area contributed by atoms with E-state index in [9.17, 15) is 29.7 Å². The Hall–Kier alpha value is 0.957. The van der Waals surface area contributed by atoms with Crippen LogP contribution in [0.4, 0.5) is 0 Å². The van der Waals surface area contributed by atoms with Crippen LogP contribution < -0.4 is 177 Å². The summed E-state index contributed by atoms with van der Waals surface area (Å²) in [7, 11) is -3.18. The van der Waals surface area contributed by atoms with Crippen molar-refractivity contribution >= 4 is 19.9 Å². The summed E-state index contributed by atoms with van der Waals surface area (Å²) < 4.78 is 15.2. The van der Waals surface area contributed by atoms with E-state index in [1.54, 1.807) is 36.4 Å². The molecule has 154 valence electrons. The predicted molar refractivity (Wildman–Crippen MR) is 102 cm³/mol. The van der Waals surface area contributed by atoms with Crippen LogP contribution in [0.5, 0.6) is 28.7 Å². The van der Waals surface area contributed by atoms with Gasteiger partial charge < -0.3 is 34.1 Å². The van der Waals surface area contributed by atoms with Crippen molar-refractivity contribution in [3.8, 4) is 28.7 Å². The summed E-state index contributed by atoms with van der Waals surface area (Å²) >= 11 is 0. The van der Waals surface area contributed by atoms with Crippen LogP contribution in [0, 0.1) is 0 Å². The Morgan fingerprint density at radius 2 is 0.857 bits per heavy atom. The fraction of sp³-hybridized carbons (Fsp3) is 0. The van der Waals surface area contributed by atoms with Crippen molar-refractivity contribution in [2.24, 2.45) is 0 Å². The van der Waals surface area contributed by atoms with Crippen molar-refractivity contribution < 1.29 is 182 Å². The summed E-state index contributed by atoms with van der Waals surface area (Å²) in [6.07, 6.45) is 0. The Labute approximate surface area is 316 Å². The molecule has 13 heteroatoms. The van der Waals surface area contributed by atoms with Crippen LogP contribution in [0.1, 0.15) is 0 Å². The number of para-hydroxylation sites is 4. The molecule has 35 heavy (non-hydrogen) atoms. The Balaban J connectivity index is -0.000000203. The average molecular weight is 534 g/mol. The Morgan fingerprint density at radius 1 is 0.514 bits per heavy atom. The monoisotopic (exact) mass is 534 g/mol. The zero-order valence-electron chi connectivity index (χ0n) is 20.5. The topological polar surface area (TPSA) is 142 Å². The molecule has 0 saturated carbocycles. The van der Waals surface area contributed by atoms with Crippen molar-refractivity contribution in [3.05, 3.63) is 91.0 Å². The van der Waals surface area contributed by atoms with E-state index < -0.39 is 32.2 Å². The van der Waals surface area contributed by atoms with Gasteiger partial charge in [0.25, 0.3) is 0 Å². The van der Waals surface area contributed by atoms with Gasteiger partial charge in [0.2, 0.25) is 0 Å². The minimum absolute atomic E-state index is 0. The number of hydrogen-bond acceptors (Lipinski definition) is 7. The van der Waals surface area contributed by atoms with Crippen molar-refractivity contribution in [1.29, 1.82) is 0 Å². The van der Waals surface area contributed by atoms with Crippen molar-refractivity contribution in [3.63, 3.8) is 0 Å². The summed E-state index contributed by atoms with van der Waals surface area (Å²) in [6, 6.07) is 24.0. The standard InChI is InChI=1S/C10H7O3Si.2C6H6O2.5Na/c11-14(12)13-10-7-3-5-8-4-1-2-6-9(8)10;2*7-5-3-1-2-4-6(5)8;;;;;/h1-7H;2*1-4,7-8H;;;;;/q-1;;;5*+1/p-4. The van der Waals surface area contributed by atoms with Gasteiger partial charge in [-0.15, -0.1) is 23.0 Å². The third kappa shape index (κ3) is 16.5. The molecule has 0 aliphatic rings. The van der Waals surface area contributed by atoms with Crippen molar-refractivity contribution in [1.82, 2.24) is 0 Å². The summed E-state index contributed by atoms with van der Waals surface area (Å²) in [5, 5.41) is 43.0. The van der Waals surface area contributed by atoms with Crippen LogP contribution >= 0.6 is 0 Å². The molecule has 0 aliphatic heterocycles. The summed E-state index contributed by atoms with van der Waals surface area (Å²) in [5.41, 5.74) is 0. The third-order valence-corrected chi connectivity index (χ3v) is 4.03. The molecule has 0 fully saturated rings. The molecule has 4 aromatic carbocycles. The largest absolute Gasteiger partial charge is 1.00 e. The first kappa shape index (κ1) is 43.0. The number of fused-ring (bicyclic) bond motifs is 1. The Kier molecular flexibility index (Phi) is 29.5. The van der Waals surface area contributed by atoms with Crippen LogP contribution in [0.25, 0.3) is 10.8 Å². The van der Waals surface area contributed by atoms with Gasteiger partial charge in [-0.3, -0.25) is 0 Å². The molecular formula is C22H15Na5O7Si. The third-order valence-electron chi connectivity index (χ3n) is 3.64. The fourth-order valence-corrected chi connectivity index (χ4v) is 2.63. The smallest absolute Gasteiger partial charge is 0.873 e. The van der Waals surface area contributed by atoms with Gasteiger partial charge in [-0.1, -0.05) is 84.9 Å². The minimum atomic E-state index is -3.18. The second-order valence-electron chi connectivity index (χ2n) is 5.72. The molecule has 4 rings (SSSR count). The van der Waals surface area contributed by atoms with Crippen LogP contribution in [-0.4, -0.2) is 9.17 Å². The van der Waals surface area contributed by atoms with Gasteiger partial charge in [0.1, 0.15) is 0 Å². The van der Waals surface area contributed by atoms with Gasteiger partial charge in [-0.2, -0.15) is 0 Å². The first-order valence-corrected chi connectivity index (χ1v) is 9.83. The molecule has 0 unspecified atom stereocenters. The SMILES string of the molecule is O=[Si]([O-])Oc1cccc2ccccc12.[Na+].[Na+].[Na+].[Na+].[Na+].[O-]c1ccccc1[O-].[O-]c1ccccc1[O-]. The molecule has 0 bridgehead atoms. The molecule has 0 atom stereocenters. The zero-order valence-corrected chi connectivity index (χ0v) is 31.5.